The molecule has 1 aromatic carbocycles. The van der Waals surface area contributed by atoms with E-state index < -0.39 is 0 Å². The largest absolute Gasteiger partial charge is 0.455 e. The van der Waals surface area contributed by atoms with Crippen molar-refractivity contribution in [2.75, 3.05) is 0 Å². The highest BCUT2D eigenvalue weighted by Gasteiger charge is 2.03. The fourth-order valence-corrected chi connectivity index (χ4v) is 1.85. The van der Waals surface area contributed by atoms with Crippen molar-refractivity contribution in [1.82, 2.24) is 4.98 Å². The number of para-hydroxylation sites is 1. The quantitative estimate of drug-likeness (QED) is 0.785. The molecule has 0 amide bonds. The van der Waals surface area contributed by atoms with Crippen molar-refractivity contribution in [3.63, 3.8) is 0 Å². The average molecular weight is 299 g/mol. The molecule has 0 bridgehead atoms. The first-order valence-electron chi connectivity index (χ1n) is 4.72. The zero-order chi connectivity index (χ0) is 11.4. The normalized spacial score (nSPS) is 10.1. The van der Waals surface area contributed by atoms with Gasteiger partial charge in [-0.1, -0.05) is 18.2 Å². The van der Waals surface area contributed by atoms with Crippen molar-refractivity contribution >= 4 is 27.5 Å². The summed E-state index contributed by atoms with van der Waals surface area (Å²) in [5.74, 6) is 1.88. The maximum atomic E-state index is 5.82. The van der Waals surface area contributed by atoms with E-state index in [0.717, 1.165) is 15.8 Å². The van der Waals surface area contributed by atoms with Gasteiger partial charge in [0.1, 0.15) is 11.5 Å². The highest BCUT2D eigenvalue weighted by molar-refractivity contribution is 9.10. The van der Waals surface area contributed by atoms with Crippen molar-refractivity contribution in [1.29, 1.82) is 0 Å². The minimum atomic E-state index is 0.428. The smallest absolute Gasteiger partial charge is 0.146 e. The van der Waals surface area contributed by atoms with Crippen LogP contribution in [0.4, 0.5) is 0 Å². The molecule has 2 nitrogen and oxygen atoms in total. The van der Waals surface area contributed by atoms with Gasteiger partial charge in [0.05, 0.1) is 12.1 Å². The zero-order valence-corrected chi connectivity index (χ0v) is 10.7. The lowest BCUT2D eigenvalue weighted by atomic mass is 10.2. The second-order valence-electron chi connectivity index (χ2n) is 3.18. The molecule has 2 aromatic rings. The van der Waals surface area contributed by atoms with Gasteiger partial charge in [0.25, 0.3) is 0 Å². The van der Waals surface area contributed by atoms with E-state index in [2.05, 4.69) is 20.9 Å². The van der Waals surface area contributed by atoms with Gasteiger partial charge in [-0.2, -0.15) is 0 Å². The molecule has 0 aliphatic rings. The highest BCUT2D eigenvalue weighted by Crippen LogP contribution is 2.27. The van der Waals surface area contributed by atoms with Crippen LogP contribution in [0.1, 0.15) is 5.56 Å². The van der Waals surface area contributed by atoms with E-state index in [0.29, 0.717) is 11.6 Å². The number of hydrogen-bond acceptors (Lipinski definition) is 2. The summed E-state index contributed by atoms with van der Waals surface area (Å²) in [6.07, 6.45) is 3.37. The summed E-state index contributed by atoms with van der Waals surface area (Å²) >= 11 is 9.17. The zero-order valence-electron chi connectivity index (χ0n) is 8.36. The fraction of sp³-hybridized carbons (Fsp3) is 0.0833. The van der Waals surface area contributed by atoms with Crippen LogP contribution < -0.4 is 4.74 Å². The lowest BCUT2D eigenvalue weighted by molar-refractivity contribution is 0.475. The van der Waals surface area contributed by atoms with E-state index in [1.807, 2.05) is 30.3 Å². The van der Waals surface area contributed by atoms with E-state index in [1.165, 1.54) is 0 Å². The SMILES string of the molecule is ClCc1ccccc1Oc1cncc(Br)c1. The number of alkyl halides is 1. The number of benzene rings is 1. The van der Waals surface area contributed by atoms with Crippen LogP contribution >= 0.6 is 27.5 Å². The summed E-state index contributed by atoms with van der Waals surface area (Å²) in [5, 5.41) is 0. The number of aromatic nitrogens is 1. The van der Waals surface area contributed by atoms with Crippen LogP contribution in [-0.2, 0) is 5.88 Å². The van der Waals surface area contributed by atoms with Gasteiger partial charge in [-0.05, 0) is 28.1 Å². The predicted octanol–water partition coefficient (Wildman–Crippen LogP) is 4.38. The Balaban J connectivity index is 2.26. The first-order chi connectivity index (χ1) is 7.79. The molecule has 2 rings (SSSR count). The van der Waals surface area contributed by atoms with Gasteiger partial charge >= 0.3 is 0 Å². The van der Waals surface area contributed by atoms with Crippen LogP contribution in [0.25, 0.3) is 0 Å². The lowest BCUT2D eigenvalue weighted by Crippen LogP contribution is -1.89. The Morgan fingerprint density at radius 2 is 2.06 bits per heavy atom. The molecule has 0 saturated carbocycles. The van der Waals surface area contributed by atoms with Crippen molar-refractivity contribution < 1.29 is 4.74 Å². The molecule has 0 N–H and O–H groups in total. The molecule has 16 heavy (non-hydrogen) atoms. The molecule has 0 aliphatic carbocycles. The number of rotatable bonds is 3. The summed E-state index contributed by atoms with van der Waals surface area (Å²) in [6, 6.07) is 9.53. The van der Waals surface area contributed by atoms with Gasteiger partial charge in [0, 0.05) is 16.2 Å². The summed E-state index contributed by atoms with van der Waals surface area (Å²) < 4.78 is 6.59. The molecule has 0 atom stereocenters. The van der Waals surface area contributed by atoms with E-state index in [1.54, 1.807) is 12.4 Å². The number of halogens is 2. The average Bonchev–Trinajstić information content (AvgIpc) is 2.30. The Bertz CT molecular complexity index is 490. The van der Waals surface area contributed by atoms with E-state index in [9.17, 15) is 0 Å². The molecule has 0 spiro atoms. The fourth-order valence-electron chi connectivity index (χ4n) is 1.29. The predicted molar refractivity (Wildman–Crippen MR) is 68.0 cm³/mol. The molecule has 0 aliphatic heterocycles. The van der Waals surface area contributed by atoms with Gasteiger partial charge in [-0.3, -0.25) is 4.98 Å². The summed E-state index contributed by atoms with van der Waals surface area (Å²) in [4.78, 5) is 4.03. The Hall–Kier alpha value is -1.06. The van der Waals surface area contributed by atoms with Gasteiger partial charge in [-0.25, -0.2) is 0 Å². The molecule has 0 radical (unpaired) electrons. The molecule has 1 aromatic heterocycles. The Labute approximate surface area is 107 Å². The van der Waals surface area contributed by atoms with Crippen LogP contribution in [-0.4, -0.2) is 4.98 Å². The molecule has 0 fully saturated rings. The number of nitrogens with zero attached hydrogens (tertiary/aromatic N) is 1. The number of ether oxygens (including phenoxy) is 1. The van der Waals surface area contributed by atoms with Crippen LogP contribution in [0, 0.1) is 0 Å². The van der Waals surface area contributed by atoms with Gasteiger partial charge in [-0.15, -0.1) is 11.6 Å². The van der Waals surface area contributed by atoms with Crippen molar-refractivity contribution in [2.24, 2.45) is 0 Å². The monoisotopic (exact) mass is 297 g/mol. The van der Waals surface area contributed by atoms with Crippen molar-refractivity contribution in [3.05, 3.63) is 52.8 Å². The second kappa shape index (κ2) is 5.32. The van der Waals surface area contributed by atoms with Crippen LogP contribution in [0.15, 0.2) is 47.2 Å². The highest BCUT2D eigenvalue weighted by atomic mass is 79.9. The first kappa shape index (κ1) is 11.4. The summed E-state index contributed by atoms with van der Waals surface area (Å²) in [5.41, 5.74) is 0.962. The molecule has 0 unspecified atom stereocenters. The molecule has 82 valence electrons. The molecular formula is C12H9BrClNO. The van der Waals surface area contributed by atoms with Gasteiger partial charge in [0.2, 0.25) is 0 Å². The van der Waals surface area contributed by atoms with Crippen LogP contribution in [0.2, 0.25) is 0 Å². The standard InChI is InChI=1S/C12H9BrClNO/c13-10-5-11(8-15-7-10)16-12-4-2-1-3-9(12)6-14/h1-5,7-8H,6H2. The Morgan fingerprint density at radius 3 is 2.81 bits per heavy atom. The third-order valence-corrected chi connectivity index (χ3v) is 2.75. The summed E-state index contributed by atoms with van der Waals surface area (Å²) in [7, 11) is 0. The molecule has 0 saturated heterocycles. The summed E-state index contributed by atoms with van der Waals surface area (Å²) in [6.45, 7) is 0. The van der Waals surface area contributed by atoms with Gasteiger partial charge < -0.3 is 4.74 Å². The van der Waals surface area contributed by atoms with Crippen LogP contribution in [0.3, 0.4) is 0 Å². The Kier molecular flexibility index (Phi) is 3.80. The maximum absolute atomic E-state index is 5.82. The number of pyridine rings is 1. The molecular weight excluding hydrogens is 289 g/mol. The maximum Gasteiger partial charge on any atom is 0.146 e. The van der Waals surface area contributed by atoms with Crippen molar-refractivity contribution in [2.45, 2.75) is 5.88 Å². The van der Waals surface area contributed by atoms with E-state index in [4.69, 9.17) is 16.3 Å². The first-order valence-corrected chi connectivity index (χ1v) is 6.04. The number of hydrogen-bond donors (Lipinski definition) is 0. The van der Waals surface area contributed by atoms with Gasteiger partial charge in [0.15, 0.2) is 0 Å². The minimum absolute atomic E-state index is 0.428. The Morgan fingerprint density at radius 1 is 1.25 bits per heavy atom. The molecule has 4 heteroatoms. The topological polar surface area (TPSA) is 22.1 Å². The minimum Gasteiger partial charge on any atom is -0.455 e. The van der Waals surface area contributed by atoms with Crippen molar-refractivity contribution in [3.8, 4) is 11.5 Å². The third-order valence-electron chi connectivity index (χ3n) is 2.02. The second-order valence-corrected chi connectivity index (χ2v) is 4.37. The van der Waals surface area contributed by atoms with Crippen LogP contribution in [0.5, 0.6) is 11.5 Å². The molecule has 1 heterocycles. The van der Waals surface area contributed by atoms with E-state index in [-0.39, 0.29) is 0 Å². The van der Waals surface area contributed by atoms with E-state index >= 15 is 0 Å². The third kappa shape index (κ3) is 2.74. The lowest BCUT2D eigenvalue weighted by Gasteiger charge is -2.08.